The van der Waals surface area contributed by atoms with Crippen molar-refractivity contribution in [3.05, 3.63) is 0 Å². The van der Waals surface area contributed by atoms with Gasteiger partial charge in [0.1, 0.15) is 0 Å². The van der Waals surface area contributed by atoms with E-state index in [1.54, 1.807) is 0 Å². The van der Waals surface area contributed by atoms with Gasteiger partial charge in [-0.25, -0.2) is 0 Å². The highest BCUT2D eigenvalue weighted by Gasteiger charge is 2.11. The van der Waals surface area contributed by atoms with E-state index in [0.29, 0.717) is 0 Å². The summed E-state index contributed by atoms with van der Waals surface area (Å²) in [5.41, 5.74) is 5.44. The van der Waals surface area contributed by atoms with E-state index in [4.69, 9.17) is 5.73 Å². The molecule has 1 aliphatic carbocycles. The summed E-state index contributed by atoms with van der Waals surface area (Å²) >= 11 is 1.89. The van der Waals surface area contributed by atoms with Crippen molar-refractivity contribution in [1.82, 2.24) is 0 Å². The van der Waals surface area contributed by atoms with Gasteiger partial charge in [0.15, 0.2) is 0 Å². The van der Waals surface area contributed by atoms with Crippen molar-refractivity contribution < 1.29 is 0 Å². The molecule has 0 amide bonds. The van der Waals surface area contributed by atoms with E-state index in [1.807, 2.05) is 11.8 Å². The number of rotatable bonds is 4. The zero-order chi connectivity index (χ0) is 8.65. The average molecular weight is 187 g/mol. The largest absolute Gasteiger partial charge is 0.322 e. The summed E-state index contributed by atoms with van der Waals surface area (Å²) in [4.78, 5) is 0. The first-order valence-corrected chi connectivity index (χ1v) is 6.37. The van der Waals surface area contributed by atoms with E-state index in [2.05, 4.69) is 0 Å². The van der Waals surface area contributed by atoms with Crippen LogP contribution in [0.25, 0.3) is 0 Å². The van der Waals surface area contributed by atoms with Crippen LogP contribution in [0, 0.1) is 5.92 Å². The topological polar surface area (TPSA) is 26.0 Å². The summed E-state index contributed by atoms with van der Waals surface area (Å²) in [6.07, 6.45) is 10.2. The molecule has 0 unspecified atom stereocenters. The van der Waals surface area contributed by atoms with Crippen molar-refractivity contribution >= 4 is 11.8 Å². The number of hydrogen-bond acceptors (Lipinski definition) is 2. The quantitative estimate of drug-likeness (QED) is 0.416. The predicted octanol–water partition coefficient (Wildman–Crippen LogP) is 3.00. The molecule has 0 spiro atoms. The Kier molecular flexibility index (Phi) is 5.88. The van der Waals surface area contributed by atoms with Crippen LogP contribution in [0.4, 0.5) is 0 Å². The summed E-state index contributed by atoms with van der Waals surface area (Å²) in [7, 11) is 0. The minimum Gasteiger partial charge on any atom is -0.322 e. The molecule has 1 fully saturated rings. The van der Waals surface area contributed by atoms with Crippen LogP contribution in [-0.4, -0.2) is 11.6 Å². The Bertz CT molecular complexity index is 98.0. The van der Waals surface area contributed by atoms with Gasteiger partial charge in [0.2, 0.25) is 0 Å². The lowest BCUT2D eigenvalue weighted by Crippen LogP contribution is -2.02. The van der Waals surface area contributed by atoms with Crippen LogP contribution in [0.5, 0.6) is 0 Å². The molecule has 0 radical (unpaired) electrons. The SMILES string of the molecule is NCSCCC1CCCCCC1. The molecule has 0 aromatic carbocycles. The third-order valence-corrected chi connectivity index (χ3v) is 3.52. The smallest absolute Gasteiger partial charge is 0.0392 e. The summed E-state index contributed by atoms with van der Waals surface area (Å²) in [5.74, 6) is 3.10. The van der Waals surface area contributed by atoms with Gasteiger partial charge in [-0.1, -0.05) is 38.5 Å². The lowest BCUT2D eigenvalue weighted by molar-refractivity contribution is 0.450. The molecule has 0 aromatic rings. The second-order valence-electron chi connectivity index (χ2n) is 3.72. The number of nitrogens with two attached hydrogens (primary N) is 1. The molecule has 0 heterocycles. The van der Waals surface area contributed by atoms with Crippen molar-refractivity contribution in [1.29, 1.82) is 0 Å². The Hall–Kier alpha value is 0.310. The first-order valence-electron chi connectivity index (χ1n) is 5.21. The van der Waals surface area contributed by atoms with Gasteiger partial charge in [0, 0.05) is 5.88 Å². The monoisotopic (exact) mass is 187 g/mol. The first-order chi connectivity index (χ1) is 5.93. The lowest BCUT2D eigenvalue weighted by atomic mass is 9.98. The minimum absolute atomic E-state index is 0.798. The van der Waals surface area contributed by atoms with E-state index in [0.717, 1.165) is 11.8 Å². The maximum Gasteiger partial charge on any atom is 0.0392 e. The third-order valence-electron chi connectivity index (χ3n) is 2.76. The van der Waals surface area contributed by atoms with Gasteiger partial charge in [-0.3, -0.25) is 0 Å². The van der Waals surface area contributed by atoms with Crippen LogP contribution >= 0.6 is 11.8 Å². The Labute approximate surface area is 80.5 Å². The Balaban J connectivity index is 2.04. The van der Waals surface area contributed by atoms with E-state index in [9.17, 15) is 0 Å². The molecule has 0 bridgehead atoms. The maximum atomic E-state index is 5.44. The van der Waals surface area contributed by atoms with Crippen LogP contribution in [0.15, 0.2) is 0 Å². The van der Waals surface area contributed by atoms with E-state index in [1.165, 1.54) is 50.7 Å². The van der Waals surface area contributed by atoms with E-state index >= 15 is 0 Å². The van der Waals surface area contributed by atoms with Gasteiger partial charge >= 0.3 is 0 Å². The summed E-state index contributed by atoms with van der Waals surface area (Å²) in [5, 5.41) is 0. The number of hydrogen-bond donors (Lipinski definition) is 1. The fraction of sp³-hybridized carbons (Fsp3) is 1.00. The molecule has 0 saturated heterocycles. The highest BCUT2D eigenvalue weighted by Crippen LogP contribution is 2.26. The molecule has 1 nitrogen and oxygen atoms in total. The Morgan fingerprint density at radius 1 is 1.08 bits per heavy atom. The highest BCUT2D eigenvalue weighted by atomic mass is 32.2. The van der Waals surface area contributed by atoms with Crippen molar-refractivity contribution in [3.8, 4) is 0 Å². The van der Waals surface area contributed by atoms with Crippen LogP contribution in [0.3, 0.4) is 0 Å². The van der Waals surface area contributed by atoms with E-state index in [-0.39, 0.29) is 0 Å². The molecular weight excluding hydrogens is 166 g/mol. The standard InChI is InChI=1S/C10H21NS/c11-9-12-8-7-10-5-3-1-2-4-6-10/h10H,1-9,11H2. The van der Waals surface area contributed by atoms with Crippen LogP contribution in [0.1, 0.15) is 44.9 Å². The van der Waals surface area contributed by atoms with Crippen molar-refractivity contribution in [2.24, 2.45) is 11.7 Å². The lowest BCUT2D eigenvalue weighted by Gasteiger charge is -2.12. The van der Waals surface area contributed by atoms with Gasteiger partial charge in [-0.2, -0.15) is 0 Å². The van der Waals surface area contributed by atoms with Crippen LogP contribution in [-0.2, 0) is 0 Å². The number of thioether (sulfide) groups is 1. The molecule has 1 saturated carbocycles. The zero-order valence-corrected chi connectivity index (χ0v) is 8.74. The van der Waals surface area contributed by atoms with Crippen LogP contribution in [0.2, 0.25) is 0 Å². The van der Waals surface area contributed by atoms with Gasteiger partial charge in [0.25, 0.3) is 0 Å². The van der Waals surface area contributed by atoms with Gasteiger partial charge in [-0.15, -0.1) is 11.8 Å². The molecule has 12 heavy (non-hydrogen) atoms. The normalized spacial score (nSPS) is 20.8. The second kappa shape index (κ2) is 6.79. The fourth-order valence-electron chi connectivity index (χ4n) is 1.99. The van der Waals surface area contributed by atoms with Gasteiger partial charge in [-0.05, 0) is 18.1 Å². The van der Waals surface area contributed by atoms with Crippen molar-refractivity contribution in [2.45, 2.75) is 44.9 Å². The Morgan fingerprint density at radius 2 is 1.75 bits per heavy atom. The minimum atomic E-state index is 0.798. The molecule has 72 valence electrons. The molecule has 0 atom stereocenters. The molecule has 1 rings (SSSR count). The molecule has 1 aliphatic rings. The molecule has 0 aliphatic heterocycles. The zero-order valence-electron chi connectivity index (χ0n) is 7.93. The second-order valence-corrected chi connectivity index (χ2v) is 4.87. The molecule has 2 heteroatoms. The van der Waals surface area contributed by atoms with Gasteiger partial charge < -0.3 is 5.73 Å². The third kappa shape index (κ3) is 4.36. The maximum absolute atomic E-state index is 5.44. The van der Waals surface area contributed by atoms with Crippen molar-refractivity contribution in [3.63, 3.8) is 0 Å². The average Bonchev–Trinajstić information content (AvgIpc) is 2.33. The fourth-order valence-corrected chi connectivity index (χ4v) is 2.65. The summed E-state index contributed by atoms with van der Waals surface area (Å²) in [6.45, 7) is 0. The first kappa shape index (κ1) is 10.4. The molecular formula is C10H21NS. The Morgan fingerprint density at radius 3 is 2.33 bits per heavy atom. The molecule has 0 aromatic heterocycles. The summed E-state index contributed by atoms with van der Waals surface area (Å²) in [6, 6.07) is 0. The van der Waals surface area contributed by atoms with E-state index < -0.39 is 0 Å². The van der Waals surface area contributed by atoms with Gasteiger partial charge in [0.05, 0.1) is 0 Å². The predicted molar refractivity (Wildman–Crippen MR) is 57.3 cm³/mol. The summed E-state index contributed by atoms with van der Waals surface area (Å²) < 4.78 is 0. The highest BCUT2D eigenvalue weighted by molar-refractivity contribution is 7.99. The van der Waals surface area contributed by atoms with Crippen molar-refractivity contribution in [2.75, 3.05) is 11.6 Å². The molecule has 2 N–H and O–H groups in total. The van der Waals surface area contributed by atoms with Crippen LogP contribution < -0.4 is 5.73 Å².